The first-order valence-electron chi connectivity index (χ1n) is 8.61. The van der Waals surface area contributed by atoms with Crippen LogP contribution in [0, 0.1) is 17.2 Å². The Morgan fingerprint density at radius 2 is 2.19 bits per heavy atom. The van der Waals surface area contributed by atoms with Gasteiger partial charge in [-0.1, -0.05) is 6.92 Å². The van der Waals surface area contributed by atoms with E-state index in [9.17, 15) is 5.26 Å². The molecule has 0 aromatic heterocycles. The maximum Gasteiger partial charge on any atom is 0.106 e. The summed E-state index contributed by atoms with van der Waals surface area (Å²) in [5.74, 6) is 0.695. The van der Waals surface area contributed by atoms with Gasteiger partial charge in [-0.05, 0) is 64.0 Å². The molecule has 1 heterocycles. The molecule has 0 bridgehead atoms. The van der Waals surface area contributed by atoms with Crippen LogP contribution in [-0.4, -0.2) is 49.8 Å². The smallest absolute Gasteiger partial charge is 0.106 e. The third kappa shape index (κ3) is 5.25. The zero-order valence-corrected chi connectivity index (χ0v) is 13.7. The summed E-state index contributed by atoms with van der Waals surface area (Å²) in [6.45, 7) is 6.51. The van der Waals surface area contributed by atoms with Crippen LogP contribution < -0.4 is 5.32 Å². The SMILES string of the molecule is CCC(C#N)(CCCN1CCCC(COC)C1)NC1CC1. The van der Waals surface area contributed by atoms with Gasteiger partial charge in [-0.25, -0.2) is 0 Å². The lowest BCUT2D eigenvalue weighted by molar-refractivity contribution is 0.0889. The van der Waals surface area contributed by atoms with E-state index < -0.39 is 0 Å². The van der Waals surface area contributed by atoms with Crippen molar-refractivity contribution < 1.29 is 4.74 Å². The molecule has 2 atom stereocenters. The Labute approximate surface area is 129 Å². The van der Waals surface area contributed by atoms with E-state index in [0.29, 0.717) is 12.0 Å². The summed E-state index contributed by atoms with van der Waals surface area (Å²) in [7, 11) is 1.80. The van der Waals surface area contributed by atoms with Crippen LogP contribution in [0.1, 0.15) is 51.9 Å². The lowest BCUT2D eigenvalue weighted by atomic mass is 9.91. The third-order valence-corrected chi connectivity index (χ3v) is 4.96. The number of methoxy groups -OCH3 is 1. The number of likely N-dealkylation sites (tertiary alicyclic amines) is 1. The Kier molecular flexibility index (Phi) is 6.47. The largest absolute Gasteiger partial charge is 0.384 e. The van der Waals surface area contributed by atoms with Crippen molar-refractivity contribution in [2.24, 2.45) is 5.92 Å². The highest BCUT2D eigenvalue weighted by Crippen LogP contribution is 2.27. The Bertz CT molecular complexity index is 348. The minimum Gasteiger partial charge on any atom is -0.384 e. The van der Waals surface area contributed by atoms with Gasteiger partial charge in [-0.2, -0.15) is 5.26 Å². The highest BCUT2D eigenvalue weighted by Gasteiger charge is 2.34. The molecule has 0 radical (unpaired) electrons. The van der Waals surface area contributed by atoms with Crippen LogP contribution in [0.5, 0.6) is 0 Å². The first-order valence-corrected chi connectivity index (χ1v) is 8.61. The second-order valence-electron chi connectivity index (χ2n) is 6.83. The highest BCUT2D eigenvalue weighted by molar-refractivity contribution is 5.09. The normalized spacial score (nSPS) is 26.2. The van der Waals surface area contributed by atoms with Gasteiger partial charge in [0.25, 0.3) is 0 Å². The molecule has 2 fully saturated rings. The van der Waals surface area contributed by atoms with Crippen LogP contribution in [-0.2, 0) is 4.74 Å². The Morgan fingerprint density at radius 1 is 1.38 bits per heavy atom. The fraction of sp³-hybridized carbons (Fsp3) is 0.941. The van der Waals surface area contributed by atoms with Crippen LogP contribution >= 0.6 is 0 Å². The minimum absolute atomic E-state index is 0.289. The molecule has 1 N–H and O–H groups in total. The van der Waals surface area contributed by atoms with E-state index in [1.54, 1.807) is 7.11 Å². The summed E-state index contributed by atoms with van der Waals surface area (Å²) >= 11 is 0. The van der Waals surface area contributed by atoms with Gasteiger partial charge in [-0.15, -0.1) is 0 Å². The van der Waals surface area contributed by atoms with Crippen LogP contribution in [0.4, 0.5) is 0 Å². The van der Waals surface area contributed by atoms with Gasteiger partial charge >= 0.3 is 0 Å². The molecule has 21 heavy (non-hydrogen) atoms. The van der Waals surface area contributed by atoms with E-state index in [-0.39, 0.29) is 5.54 Å². The summed E-state index contributed by atoms with van der Waals surface area (Å²) in [5.41, 5.74) is -0.289. The van der Waals surface area contributed by atoms with Crippen molar-refractivity contribution in [1.29, 1.82) is 5.26 Å². The molecule has 4 heteroatoms. The highest BCUT2D eigenvalue weighted by atomic mass is 16.5. The molecule has 0 amide bonds. The lowest BCUT2D eigenvalue weighted by Crippen LogP contribution is -2.45. The van der Waals surface area contributed by atoms with Crippen molar-refractivity contribution in [1.82, 2.24) is 10.2 Å². The quantitative estimate of drug-likeness (QED) is 0.710. The number of nitriles is 1. The Morgan fingerprint density at radius 3 is 2.81 bits per heavy atom. The number of ether oxygens (including phenoxy) is 1. The average Bonchev–Trinajstić information content (AvgIpc) is 3.31. The van der Waals surface area contributed by atoms with E-state index in [1.165, 1.54) is 32.2 Å². The molecule has 4 nitrogen and oxygen atoms in total. The summed E-state index contributed by atoms with van der Waals surface area (Å²) in [5, 5.41) is 13.1. The maximum absolute atomic E-state index is 9.56. The standard InChI is InChI=1S/C17H31N3O/c1-3-17(14-18,19-16-7-8-16)9-5-11-20-10-4-6-15(12-20)13-21-2/h15-16,19H,3-13H2,1-2H3. The minimum atomic E-state index is -0.289. The van der Waals surface area contributed by atoms with Crippen molar-refractivity contribution in [2.75, 3.05) is 33.4 Å². The number of hydrogen-bond acceptors (Lipinski definition) is 4. The number of rotatable bonds is 9. The third-order valence-electron chi connectivity index (χ3n) is 4.96. The average molecular weight is 293 g/mol. The number of nitrogens with zero attached hydrogens (tertiary/aromatic N) is 2. The van der Waals surface area contributed by atoms with Crippen molar-refractivity contribution in [3.05, 3.63) is 0 Å². The van der Waals surface area contributed by atoms with Gasteiger partial charge in [0.2, 0.25) is 0 Å². The van der Waals surface area contributed by atoms with Crippen LogP contribution in [0.3, 0.4) is 0 Å². The summed E-state index contributed by atoms with van der Waals surface area (Å²) in [6.07, 6.45) is 8.06. The fourth-order valence-electron chi connectivity index (χ4n) is 3.47. The van der Waals surface area contributed by atoms with Gasteiger partial charge in [0.05, 0.1) is 12.7 Å². The predicted octanol–water partition coefficient (Wildman–Crippen LogP) is 2.55. The van der Waals surface area contributed by atoms with Gasteiger partial charge in [0.1, 0.15) is 5.54 Å². The van der Waals surface area contributed by atoms with Crippen molar-refractivity contribution >= 4 is 0 Å². The predicted molar refractivity (Wildman–Crippen MR) is 85.1 cm³/mol. The molecule has 2 aliphatic rings. The summed E-state index contributed by atoms with van der Waals surface area (Å²) in [6, 6.07) is 3.16. The topological polar surface area (TPSA) is 48.3 Å². The second kappa shape index (κ2) is 8.12. The zero-order chi connectivity index (χ0) is 15.1. The molecule has 2 unspecified atom stereocenters. The summed E-state index contributed by atoms with van der Waals surface area (Å²) < 4.78 is 5.29. The monoisotopic (exact) mass is 293 g/mol. The molecule has 1 aliphatic carbocycles. The summed E-state index contributed by atoms with van der Waals surface area (Å²) in [4.78, 5) is 2.56. The van der Waals surface area contributed by atoms with Gasteiger partial charge in [0, 0.05) is 19.7 Å². The van der Waals surface area contributed by atoms with E-state index in [0.717, 1.165) is 39.0 Å². The van der Waals surface area contributed by atoms with E-state index >= 15 is 0 Å². The molecule has 1 aliphatic heterocycles. The van der Waals surface area contributed by atoms with Crippen molar-refractivity contribution in [3.63, 3.8) is 0 Å². The van der Waals surface area contributed by atoms with E-state index in [2.05, 4.69) is 23.2 Å². The number of nitrogens with one attached hydrogen (secondary N) is 1. The van der Waals surface area contributed by atoms with Crippen molar-refractivity contribution in [2.45, 2.75) is 63.5 Å². The molecular formula is C17H31N3O. The second-order valence-corrected chi connectivity index (χ2v) is 6.83. The number of hydrogen-bond donors (Lipinski definition) is 1. The lowest BCUT2D eigenvalue weighted by Gasteiger charge is -2.33. The van der Waals surface area contributed by atoms with E-state index in [1.807, 2.05) is 0 Å². The Hall–Kier alpha value is -0.630. The van der Waals surface area contributed by atoms with Gasteiger partial charge in [0.15, 0.2) is 0 Å². The molecule has 1 saturated heterocycles. The first-order chi connectivity index (χ1) is 10.2. The molecular weight excluding hydrogens is 262 g/mol. The van der Waals surface area contributed by atoms with Crippen LogP contribution in [0.2, 0.25) is 0 Å². The molecule has 0 aromatic rings. The Balaban J connectivity index is 1.72. The van der Waals surface area contributed by atoms with Crippen LogP contribution in [0.25, 0.3) is 0 Å². The zero-order valence-electron chi connectivity index (χ0n) is 13.7. The molecule has 1 saturated carbocycles. The van der Waals surface area contributed by atoms with E-state index in [4.69, 9.17) is 4.74 Å². The molecule has 2 rings (SSSR count). The molecule has 0 spiro atoms. The molecule has 0 aromatic carbocycles. The fourth-order valence-corrected chi connectivity index (χ4v) is 3.47. The first kappa shape index (κ1) is 16.7. The van der Waals surface area contributed by atoms with Crippen molar-refractivity contribution in [3.8, 4) is 6.07 Å². The van der Waals surface area contributed by atoms with Gasteiger partial charge in [-0.3, -0.25) is 5.32 Å². The number of piperidine rings is 1. The molecule has 120 valence electrons. The van der Waals surface area contributed by atoms with Gasteiger partial charge < -0.3 is 9.64 Å². The van der Waals surface area contributed by atoms with Crippen LogP contribution in [0.15, 0.2) is 0 Å². The maximum atomic E-state index is 9.56.